The first-order chi connectivity index (χ1) is 12.1. The maximum Gasteiger partial charge on any atom is 0.241 e. The van der Waals surface area contributed by atoms with E-state index in [4.69, 9.17) is 4.52 Å². The van der Waals surface area contributed by atoms with Gasteiger partial charge in [0.15, 0.2) is 0 Å². The van der Waals surface area contributed by atoms with Crippen molar-refractivity contribution in [3.05, 3.63) is 35.7 Å². The second-order valence-corrected chi connectivity index (χ2v) is 7.30. The summed E-state index contributed by atoms with van der Waals surface area (Å²) in [7, 11) is 0. The summed E-state index contributed by atoms with van der Waals surface area (Å²) in [6.07, 6.45) is 1.06. The van der Waals surface area contributed by atoms with Crippen LogP contribution in [-0.4, -0.2) is 52.0 Å². The Kier molecular flexibility index (Phi) is 4.29. The molecule has 1 saturated heterocycles. The third kappa shape index (κ3) is 3.58. The quantitative estimate of drug-likeness (QED) is 0.855. The Morgan fingerprint density at radius 1 is 1.20 bits per heavy atom. The van der Waals surface area contributed by atoms with Gasteiger partial charge in [0.05, 0.1) is 6.54 Å². The summed E-state index contributed by atoms with van der Waals surface area (Å²) >= 11 is 0. The molecule has 2 aliphatic rings. The van der Waals surface area contributed by atoms with Crippen LogP contribution in [-0.2, 0) is 11.3 Å². The number of carbonyl (C=O) groups excluding carboxylic acids is 1. The molecular formula is C19H24N4O2. The summed E-state index contributed by atoms with van der Waals surface area (Å²) in [4.78, 5) is 21.1. The average molecular weight is 340 g/mol. The Balaban J connectivity index is 1.31. The molecule has 25 heavy (non-hydrogen) atoms. The molecule has 6 nitrogen and oxygen atoms in total. The van der Waals surface area contributed by atoms with Gasteiger partial charge in [-0.2, -0.15) is 4.98 Å². The van der Waals surface area contributed by atoms with E-state index in [2.05, 4.69) is 28.9 Å². The monoisotopic (exact) mass is 340 g/mol. The lowest BCUT2D eigenvalue weighted by Gasteiger charge is -2.34. The van der Waals surface area contributed by atoms with Gasteiger partial charge in [0, 0.05) is 37.7 Å². The third-order valence-electron chi connectivity index (χ3n) is 5.25. The number of rotatable bonds is 4. The van der Waals surface area contributed by atoms with E-state index < -0.39 is 0 Å². The van der Waals surface area contributed by atoms with E-state index in [9.17, 15) is 4.79 Å². The molecule has 1 aliphatic carbocycles. The highest BCUT2D eigenvalue weighted by Gasteiger charge is 2.41. The number of piperazine rings is 1. The summed E-state index contributed by atoms with van der Waals surface area (Å²) in [6, 6.07) is 8.10. The molecule has 1 aromatic carbocycles. The van der Waals surface area contributed by atoms with Gasteiger partial charge in [-0.3, -0.25) is 9.69 Å². The van der Waals surface area contributed by atoms with Crippen LogP contribution in [0.5, 0.6) is 0 Å². The van der Waals surface area contributed by atoms with Gasteiger partial charge >= 0.3 is 0 Å². The van der Waals surface area contributed by atoms with Crippen LogP contribution in [0.15, 0.2) is 28.8 Å². The van der Waals surface area contributed by atoms with E-state index in [1.165, 1.54) is 5.56 Å². The first kappa shape index (κ1) is 16.3. The lowest BCUT2D eigenvalue weighted by atomic mass is 10.1. The molecule has 1 aromatic heterocycles. The molecule has 0 N–H and O–H groups in total. The largest absolute Gasteiger partial charge is 0.340 e. The van der Waals surface area contributed by atoms with Crippen molar-refractivity contribution in [3.8, 4) is 11.4 Å². The Morgan fingerprint density at radius 3 is 2.52 bits per heavy atom. The van der Waals surface area contributed by atoms with Gasteiger partial charge in [-0.1, -0.05) is 41.9 Å². The second kappa shape index (κ2) is 6.59. The van der Waals surface area contributed by atoms with Gasteiger partial charge in [0.2, 0.25) is 17.6 Å². The van der Waals surface area contributed by atoms with Crippen LogP contribution in [0.25, 0.3) is 11.4 Å². The minimum atomic E-state index is 0.277. The van der Waals surface area contributed by atoms with Crippen molar-refractivity contribution in [2.45, 2.75) is 26.8 Å². The zero-order valence-electron chi connectivity index (χ0n) is 14.8. The molecule has 2 heterocycles. The van der Waals surface area contributed by atoms with Crippen LogP contribution >= 0.6 is 0 Å². The molecule has 0 spiro atoms. The average Bonchev–Trinajstić information content (AvgIpc) is 3.17. The molecular weight excluding hydrogens is 316 g/mol. The SMILES string of the molecule is Cc1ccc(-c2noc(CN3CCN(C(=O)[C@H]4C[C@H]4C)CC3)n2)cc1. The van der Waals surface area contributed by atoms with Crippen molar-refractivity contribution < 1.29 is 9.32 Å². The van der Waals surface area contributed by atoms with Crippen molar-refractivity contribution in [3.63, 3.8) is 0 Å². The molecule has 2 atom stereocenters. The van der Waals surface area contributed by atoms with Gasteiger partial charge in [-0.05, 0) is 19.3 Å². The normalized spacial score (nSPS) is 23.7. The Morgan fingerprint density at radius 2 is 1.88 bits per heavy atom. The first-order valence-electron chi connectivity index (χ1n) is 9.01. The highest BCUT2D eigenvalue weighted by Crippen LogP contribution is 2.39. The summed E-state index contributed by atoms with van der Waals surface area (Å²) in [5.74, 6) is 2.45. The number of benzene rings is 1. The predicted octanol–water partition coefficient (Wildman–Crippen LogP) is 2.35. The standard InChI is InChI=1S/C19H24N4O2/c1-13-3-5-15(6-4-13)18-20-17(25-21-18)12-22-7-9-23(10-8-22)19(24)16-11-14(16)2/h3-6,14,16H,7-12H2,1-2H3/t14-,16+/m1/s1. The van der Waals surface area contributed by atoms with Crippen LogP contribution < -0.4 is 0 Å². The number of hydrogen-bond acceptors (Lipinski definition) is 5. The number of nitrogens with zero attached hydrogens (tertiary/aromatic N) is 4. The topological polar surface area (TPSA) is 62.5 Å². The first-order valence-corrected chi connectivity index (χ1v) is 9.01. The molecule has 2 fully saturated rings. The van der Waals surface area contributed by atoms with Gasteiger partial charge in [0.25, 0.3) is 0 Å². The molecule has 6 heteroatoms. The van der Waals surface area contributed by atoms with Crippen molar-refractivity contribution >= 4 is 5.91 Å². The number of hydrogen-bond donors (Lipinski definition) is 0. The smallest absolute Gasteiger partial charge is 0.241 e. The molecule has 1 saturated carbocycles. The molecule has 4 rings (SSSR count). The van der Waals surface area contributed by atoms with Crippen molar-refractivity contribution in [2.24, 2.45) is 11.8 Å². The van der Waals surface area contributed by atoms with Crippen LogP contribution in [0.1, 0.15) is 24.8 Å². The van der Waals surface area contributed by atoms with Crippen LogP contribution in [0.4, 0.5) is 0 Å². The Bertz CT molecular complexity index is 747. The molecule has 0 unspecified atom stereocenters. The van der Waals surface area contributed by atoms with Crippen LogP contribution in [0.3, 0.4) is 0 Å². The summed E-state index contributed by atoms with van der Waals surface area (Å²) in [6.45, 7) is 8.15. The molecule has 0 radical (unpaired) electrons. The molecule has 0 bridgehead atoms. The van der Waals surface area contributed by atoms with Gasteiger partial charge in [-0.25, -0.2) is 0 Å². The minimum Gasteiger partial charge on any atom is -0.340 e. The lowest BCUT2D eigenvalue weighted by molar-refractivity contribution is -0.134. The van der Waals surface area contributed by atoms with Crippen LogP contribution in [0, 0.1) is 18.8 Å². The van der Waals surface area contributed by atoms with Gasteiger partial charge < -0.3 is 9.42 Å². The van der Waals surface area contributed by atoms with Crippen LogP contribution in [0.2, 0.25) is 0 Å². The zero-order chi connectivity index (χ0) is 17.4. The summed E-state index contributed by atoms with van der Waals surface area (Å²) < 4.78 is 5.41. The molecule has 132 valence electrons. The van der Waals surface area contributed by atoms with Gasteiger partial charge in [-0.15, -0.1) is 0 Å². The fraction of sp³-hybridized carbons (Fsp3) is 0.526. The summed E-state index contributed by atoms with van der Waals surface area (Å²) in [5, 5.41) is 4.09. The Labute approximate surface area is 147 Å². The molecule has 1 aliphatic heterocycles. The van der Waals surface area contributed by atoms with E-state index in [1.54, 1.807) is 0 Å². The number of carbonyl (C=O) groups is 1. The zero-order valence-corrected chi connectivity index (χ0v) is 14.8. The third-order valence-corrected chi connectivity index (χ3v) is 5.25. The highest BCUT2D eigenvalue weighted by atomic mass is 16.5. The number of aryl methyl sites for hydroxylation is 1. The van der Waals surface area contributed by atoms with E-state index >= 15 is 0 Å². The molecule has 1 amide bonds. The predicted molar refractivity (Wildman–Crippen MR) is 93.6 cm³/mol. The maximum atomic E-state index is 12.3. The van der Waals surface area contributed by atoms with Crippen molar-refractivity contribution in [1.29, 1.82) is 0 Å². The van der Waals surface area contributed by atoms with E-state index in [0.717, 1.165) is 38.2 Å². The number of aromatic nitrogens is 2. The lowest BCUT2D eigenvalue weighted by Crippen LogP contribution is -2.48. The Hall–Kier alpha value is -2.21. The van der Waals surface area contributed by atoms with Gasteiger partial charge in [0.1, 0.15) is 0 Å². The second-order valence-electron chi connectivity index (χ2n) is 7.30. The van der Waals surface area contributed by atoms with Crippen molar-refractivity contribution in [2.75, 3.05) is 26.2 Å². The maximum absolute atomic E-state index is 12.3. The fourth-order valence-corrected chi connectivity index (χ4v) is 3.36. The van der Waals surface area contributed by atoms with E-state index in [1.807, 2.05) is 29.2 Å². The molecule has 2 aromatic rings. The fourth-order valence-electron chi connectivity index (χ4n) is 3.36. The minimum absolute atomic E-state index is 0.277. The highest BCUT2D eigenvalue weighted by molar-refractivity contribution is 5.81. The van der Waals surface area contributed by atoms with Crippen molar-refractivity contribution in [1.82, 2.24) is 19.9 Å². The summed E-state index contributed by atoms with van der Waals surface area (Å²) in [5.41, 5.74) is 2.18. The van der Waals surface area contributed by atoms with E-state index in [0.29, 0.717) is 30.1 Å². The number of amides is 1. The van der Waals surface area contributed by atoms with E-state index in [-0.39, 0.29) is 5.92 Å².